The molecule has 5 heteroatoms. The van der Waals surface area contributed by atoms with Gasteiger partial charge in [-0.05, 0) is 23.6 Å². The lowest BCUT2D eigenvalue weighted by Gasteiger charge is -2.06. The van der Waals surface area contributed by atoms with Crippen molar-refractivity contribution in [2.24, 2.45) is 5.84 Å². The van der Waals surface area contributed by atoms with Crippen LogP contribution in [0.5, 0.6) is 0 Å². The highest BCUT2D eigenvalue weighted by atomic mass is 35.5. The summed E-state index contributed by atoms with van der Waals surface area (Å²) in [6.07, 6.45) is 1.64. The van der Waals surface area contributed by atoms with Crippen molar-refractivity contribution in [1.82, 2.24) is 4.98 Å². The van der Waals surface area contributed by atoms with E-state index >= 15 is 0 Å². The smallest absolute Gasteiger partial charge is 0.149 e. The van der Waals surface area contributed by atoms with E-state index in [0.717, 1.165) is 10.8 Å². The summed E-state index contributed by atoms with van der Waals surface area (Å²) in [5.41, 5.74) is 2.49. The molecule has 0 amide bonds. The average molecular weight is 228 g/mol. The molecule has 0 spiro atoms. The summed E-state index contributed by atoms with van der Waals surface area (Å²) < 4.78 is 0. The van der Waals surface area contributed by atoms with E-state index in [1.165, 1.54) is 0 Å². The second kappa shape index (κ2) is 3.61. The number of nitrogen functional groups attached to an aromatic ring is 1. The molecule has 1 aromatic carbocycles. The van der Waals surface area contributed by atoms with Crippen LogP contribution >= 0.6 is 23.2 Å². The van der Waals surface area contributed by atoms with Gasteiger partial charge in [-0.15, -0.1) is 0 Å². The molecule has 0 saturated heterocycles. The van der Waals surface area contributed by atoms with Crippen LogP contribution in [0, 0.1) is 0 Å². The average Bonchev–Trinajstić information content (AvgIpc) is 2.16. The Bertz CT molecular complexity index is 485. The Morgan fingerprint density at radius 3 is 2.79 bits per heavy atom. The summed E-state index contributed by atoms with van der Waals surface area (Å²) in [7, 11) is 0. The normalized spacial score (nSPS) is 10.5. The van der Waals surface area contributed by atoms with Crippen LogP contribution in [0.4, 0.5) is 5.82 Å². The van der Waals surface area contributed by atoms with Gasteiger partial charge in [0.25, 0.3) is 0 Å². The Morgan fingerprint density at radius 2 is 2.07 bits per heavy atom. The maximum atomic E-state index is 6.03. The minimum atomic E-state index is 0.536. The predicted octanol–water partition coefficient (Wildman–Crippen LogP) is 2.83. The molecule has 0 atom stereocenters. The third-order valence-electron chi connectivity index (χ3n) is 1.92. The fraction of sp³-hybridized carbons (Fsp3) is 0. The van der Waals surface area contributed by atoms with Gasteiger partial charge >= 0.3 is 0 Å². The summed E-state index contributed by atoms with van der Waals surface area (Å²) in [6.45, 7) is 0. The molecule has 72 valence electrons. The second-order valence-electron chi connectivity index (χ2n) is 2.79. The van der Waals surface area contributed by atoms with Gasteiger partial charge < -0.3 is 5.43 Å². The number of hydrazine groups is 1. The first-order valence-corrected chi connectivity index (χ1v) is 4.68. The van der Waals surface area contributed by atoms with E-state index in [1.54, 1.807) is 12.3 Å². The van der Waals surface area contributed by atoms with E-state index < -0.39 is 0 Å². The van der Waals surface area contributed by atoms with Gasteiger partial charge in [0, 0.05) is 16.6 Å². The van der Waals surface area contributed by atoms with Crippen molar-refractivity contribution in [3.63, 3.8) is 0 Å². The first kappa shape index (κ1) is 9.52. The van der Waals surface area contributed by atoms with Crippen molar-refractivity contribution < 1.29 is 0 Å². The van der Waals surface area contributed by atoms with Crippen molar-refractivity contribution in [3.8, 4) is 0 Å². The number of fused-ring (bicyclic) bond motifs is 1. The van der Waals surface area contributed by atoms with Gasteiger partial charge in [0.05, 0.1) is 5.02 Å². The highest BCUT2D eigenvalue weighted by Gasteiger charge is 2.06. The number of anilines is 1. The minimum absolute atomic E-state index is 0.536. The highest BCUT2D eigenvalue weighted by molar-refractivity contribution is 6.39. The topological polar surface area (TPSA) is 50.9 Å². The van der Waals surface area contributed by atoms with Gasteiger partial charge in [-0.3, -0.25) is 0 Å². The van der Waals surface area contributed by atoms with Crippen LogP contribution < -0.4 is 11.3 Å². The predicted molar refractivity (Wildman–Crippen MR) is 59.6 cm³/mol. The Morgan fingerprint density at radius 1 is 1.29 bits per heavy atom. The maximum absolute atomic E-state index is 6.03. The van der Waals surface area contributed by atoms with Gasteiger partial charge in [0.2, 0.25) is 0 Å². The zero-order valence-electron chi connectivity index (χ0n) is 7.09. The molecule has 0 unspecified atom stereocenters. The monoisotopic (exact) mass is 227 g/mol. The molecule has 3 N–H and O–H groups in total. The number of halogens is 2. The van der Waals surface area contributed by atoms with E-state index in [2.05, 4.69) is 10.4 Å². The highest BCUT2D eigenvalue weighted by Crippen LogP contribution is 2.31. The molecular formula is C9H7Cl2N3. The number of hydrogen-bond acceptors (Lipinski definition) is 3. The molecule has 1 aromatic heterocycles. The summed E-state index contributed by atoms with van der Waals surface area (Å²) in [6, 6.07) is 5.30. The third-order valence-corrected chi connectivity index (χ3v) is 2.43. The number of rotatable bonds is 1. The fourth-order valence-electron chi connectivity index (χ4n) is 1.34. The van der Waals surface area contributed by atoms with Gasteiger partial charge in [0.15, 0.2) is 0 Å². The molecule has 0 saturated carbocycles. The lowest BCUT2D eigenvalue weighted by molar-refractivity contribution is 1.25. The lowest BCUT2D eigenvalue weighted by Crippen LogP contribution is -2.08. The van der Waals surface area contributed by atoms with Crippen molar-refractivity contribution in [2.75, 3.05) is 5.43 Å². The molecule has 0 aliphatic carbocycles. The van der Waals surface area contributed by atoms with E-state index in [1.807, 2.05) is 12.1 Å². The molecule has 0 aliphatic heterocycles. The van der Waals surface area contributed by atoms with Crippen LogP contribution in [0.3, 0.4) is 0 Å². The van der Waals surface area contributed by atoms with Crippen LogP contribution in [0.15, 0.2) is 24.4 Å². The number of pyridine rings is 1. The van der Waals surface area contributed by atoms with Crippen molar-refractivity contribution in [1.29, 1.82) is 0 Å². The summed E-state index contributed by atoms with van der Waals surface area (Å²) in [5, 5.41) is 2.82. The second-order valence-corrected chi connectivity index (χ2v) is 3.63. The first-order chi connectivity index (χ1) is 6.72. The van der Waals surface area contributed by atoms with E-state index in [4.69, 9.17) is 29.0 Å². The molecule has 3 nitrogen and oxygen atoms in total. The largest absolute Gasteiger partial charge is 0.308 e. The van der Waals surface area contributed by atoms with Crippen LogP contribution in [0.2, 0.25) is 10.0 Å². The maximum Gasteiger partial charge on any atom is 0.149 e. The van der Waals surface area contributed by atoms with Gasteiger partial charge in [-0.1, -0.05) is 23.2 Å². The first-order valence-electron chi connectivity index (χ1n) is 3.93. The summed E-state index contributed by atoms with van der Waals surface area (Å²) >= 11 is 11.9. The molecule has 14 heavy (non-hydrogen) atoms. The molecule has 0 aliphatic rings. The number of nitrogens with one attached hydrogen (secondary N) is 1. The lowest BCUT2D eigenvalue weighted by atomic mass is 10.1. The minimum Gasteiger partial charge on any atom is -0.308 e. The number of aromatic nitrogens is 1. The number of hydrogen-bond donors (Lipinski definition) is 2. The quantitative estimate of drug-likeness (QED) is 0.582. The fourth-order valence-corrected chi connectivity index (χ4v) is 1.94. The van der Waals surface area contributed by atoms with Gasteiger partial charge in [-0.25, -0.2) is 10.8 Å². The molecule has 1 heterocycles. The summed E-state index contributed by atoms with van der Waals surface area (Å²) in [5.74, 6) is 5.86. The van der Waals surface area contributed by atoms with E-state index in [9.17, 15) is 0 Å². The molecule has 0 bridgehead atoms. The van der Waals surface area contributed by atoms with Crippen molar-refractivity contribution in [3.05, 3.63) is 34.4 Å². The summed E-state index contributed by atoms with van der Waals surface area (Å²) in [4.78, 5) is 4.05. The van der Waals surface area contributed by atoms with Crippen LogP contribution in [-0.4, -0.2) is 4.98 Å². The van der Waals surface area contributed by atoms with Gasteiger partial charge in [0.1, 0.15) is 5.82 Å². The molecule has 2 rings (SSSR count). The molecular weight excluding hydrogens is 221 g/mol. The number of nitrogens with zero attached hydrogens (tertiary/aromatic N) is 1. The van der Waals surface area contributed by atoms with Crippen LogP contribution in [0.1, 0.15) is 0 Å². The van der Waals surface area contributed by atoms with Crippen LogP contribution in [0.25, 0.3) is 10.8 Å². The van der Waals surface area contributed by atoms with E-state index in [-0.39, 0.29) is 0 Å². The molecule has 0 radical (unpaired) electrons. The Labute approximate surface area is 90.8 Å². The Balaban J connectivity index is 2.87. The standard InChI is InChI=1S/C9H7Cl2N3/c10-6-3-5-1-2-13-9(14-12)8(5)7(11)4-6/h1-4H,12H2,(H,13,14). The SMILES string of the molecule is NNc1nccc2cc(Cl)cc(Cl)c12. The van der Waals surface area contributed by atoms with Gasteiger partial charge in [-0.2, -0.15) is 0 Å². The van der Waals surface area contributed by atoms with Crippen molar-refractivity contribution >= 4 is 39.8 Å². The third kappa shape index (κ3) is 1.50. The zero-order chi connectivity index (χ0) is 10.1. The van der Waals surface area contributed by atoms with Crippen LogP contribution in [-0.2, 0) is 0 Å². The van der Waals surface area contributed by atoms with E-state index in [0.29, 0.717) is 15.9 Å². The Kier molecular flexibility index (Phi) is 2.46. The number of benzene rings is 1. The Hall–Kier alpha value is -1.03. The zero-order valence-corrected chi connectivity index (χ0v) is 8.60. The molecule has 2 aromatic rings. The van der Waals surface area contributed by atoms with Crippen molar-refractivity contribution in [2.45, 2.75) is 0 Å². The number of nitrogens with two attached hydrogens (primary N) is 1. The molecule has 0 fully saturated rings.